The molecule has 3 aromatic rings. The number of hydrogen-bond acceptors (Lipinski definition) is 4. The fourth-order valence-corrected chi connectivity index (χ4v) is 4.89. The van der Waals surface area contributed by atoms with Gasteiger partial charge < -0.3 is 9.88 Å². The molecule has 0 saturated heterocycles. The first-order valence-corrected chi connectivity index (χ1v) is 12.1. The number of anilines is 1. The SMILES string of the molecule is CC[C@H](C(=O)NCc1ccccc1-n1ccnc1C)N(c1cccc(Cl)c1)S(C)(=O)=O. The Morgan fingerprint density at radius 2 is 1.97 bits per heavy atom. The van der Waals surface area contributed by atoms with Crippen LogP contribution >= 0.6 is 11.6 Å². The standard InChI is InChI=1S/C22H25ClN4O3S/c1-4-20(27(31(3,29)30)19-10-7-9-18(23)14-19)22(28)25-15-17-8-5-6-11-21(17)26-13-12-24-16(26)2/h5-14,20H,4,15H2,1-3H3,(H,25,28)/t20-/m1/s1. The molecule has 0 fully saturated rings. The molecule has 0 radical (unpaired) electrons. The van der Waals surface area contributed by atoms with Crippen molar-refractivity contribution in [3.63, 3.8) is 0 Å². The van der Waals surface area contributed by atoms with Gasteiger partial charge in [-0.15, -0.1) is 0 Å². The maximum atomic E-state index is 13.1. The van der Waals surface area contributed by atoms with Gasteiger partial charge >= 0.3 is 0 Å². The molecule has 9 heteroatoms. The quantitative estimate of drug-likeness (QED) is 0.555. The summed E-state index contributed by atoms with van der Waals surface area (Å²) in [4.78, 5) is 17.3. The predicted octanol–water partition coefficient (Wildman–Crippen LogP) is 3.70. The van der Waals surface area contributed by atoms with Crippen LogP contribution in [0.25, 0.3) is 5.69 Å². The van der Waals surface area contributed by atoms with Crippen molar-refractivity contribution in [3.05, 3.63) is 77.3 Å². The first kappa shape index (κ1) is 22.8. The number of sulfonamides is 1. The number of nitrogens with one attached hydrogen (secondary N) is 1. The van der Waals surface area contributed by atoms with Gasteiger partial charge in [-0.25, -0.2) is 13.4 Å². The molecule has 1 N–H and O–H groups in total. The van der Waals surface area contributed by atoms with E-state index in [4.69, 9.17) is 11.6 Å². The first-order valence-electron chi connectivity index (χ1n) is 9.83. The second kappa shape index (κ2) is 9.53. The van der Waals surface area contributed by atoms with Crippen LogP contribution in [0.3, 0.4) is 0 Å². The third-order valence-corrected chi connectivity index (χ3v) is 6.34. The van der Waals surface area contributed by atoms with Crippen molar-refractivity contribution in [1.82, 2.24) is 14.9 Å². The molecule has 0 aliphatic heterocycles. The predicted molar refractivity (Wildman–Crippen MR) is 123 cm³/mol. The third kappa shape index (κ3) is 5.26. The molecule has 1 atom stereocenters. The van der Waals surface area contributed by atoms with Crippen LogP contribution in [0.4, 0.5) is 5.69 Å². The molecule has 0 spiro atoms. The van der Waals surface area contributed by atoms with Crippen molar-refractivity contribution < 1.29 is 13.2 Å². The maximum absolute atomic E-state index is 13.1. The van der Waals surface area contributed by atoms with E-state index in [0.717, 1.165) is 27.6 Å². The third-order valence-electron chi connectivity index (χ3n) is 4.92. The second-order valence-corrected chi connectivity index (χ2v) is 9.45. The molecule has 2 aromatic carbocycles. The minimum Gasteiger partial charge on any atom is -0.350 e. The van der Waals surface area contributed by atoms with Crippen molar-refractivity contribution in [3.8, 4) is 5.69 Å². The minimum absolute atomic E-state index is 0.246. The molecular formula is C22H25ClN4O3S. The van der Waals surface area contributed by atoms with Gasteiger partial charge in [-0.3, -0.25) is 9.10 Å². The lowest BCUT2D eigenvalue weighted by molar-refractivity contribution is -0.122. The minimum atomic E-state index is -3.72. The van der Waals surface area contributed by atoms with Gasteiger partial charge in [0.15, 0.2) is 0 Å². The van der Waals surface area contributed by atoms with E-state index in [-0.39, 0.29) is 12.5 Å². The zero-order valence-corrected chi connectivity index (χ0v) is 19.2. The lowest BCUT2D eigenvalue weighted by atomic mass is 10.1. The van der Waals surface area contributed by atoms with Gasteiger partial charge in [-0.2, -0.15) is 0 Å². The summed E-state index contributed by atoms with van der Waals surface area (Å²) in [6, 6.07) is 13.2. The fourth-order valence-electron chi connectivity index (χ4n) is 3.50. The number of para-hydroxylation sites is 1. The van der Waals surface area contributed by atoms with Gasteiger partial charge in [0.05, 0.1) is 17.6 Å². The topological polar surface area (TPSA) is 84.3 Å². The number of nitrogens with zero attached hydrogens (tertiary/aromatic N) is 3. The Balaban J connectivity index is 1.86. The highest BCUT2D eigenvalue weighted by molar-refractivity contribution is 7.92. The highest BCUT2D eigenvalue weighted by Crippen LogP contribution is 2.25. The Morgan fingerprint density at radius 3 is 2.58 bits per heavy atom. The van der Waals surface area contributed by atoms with Crippen LogP contribution in [0, 0.1) is 6.92 Å². The van der Waals surface area contributed by atoms with Crippen LogP contribution in [0.2, 0.25) is 5.02 Å². The zero-order valence-electron chi connectivity index (χ0n) is 17.6. The summed E-state index contributed by atoms with van der Waals surface area (Å²) in [7, 11) is -3.72. The number of amides is 1. The van der Waals surface area contributed by atoms with Gasteiger partial charge in [0.1, 0.15) is 11.9 Å². The number of imidazole rings is 1. The van der Waals surface area contributed by atoms with Crippen molar-refractivity contribution in [2.24, 2.45) is 0 Å². The summed E-state index contributed by atoms with van der Waals surface area (Å²) >= 11 is 6.06. The number of aromatic nitrogens is 2. The molecule has 0 saturated carbocycles. The molecule has 0 unspecified atom stereocenters. The summed E-state index contributed by atoms with van der Waals surface area (Å²) in [5.74, 6) is 0.444. The van der Waals surface area contributed by atoms with E-state index < -0.39 is 16.1 Å². The average molecular weight is 461 g/mol. The van der Waals surface area contributed by atoms with Gasteiger partial charge in [-0.05, 0) is 43.2 Å². The number of halogens is 1. The molecular weight excluding hydrogens is 436 g/mol. The Labute approximate surface area is 187 Å². The van der Waals surface area contributed by atoms with Crippen LogP contribution in [0.5, 0.6) is 0 Å². The van der Waals surface area contributed by atoms with Gasteiger partial charge in [-0.1, -0.05) is 42.8 Å². The second-order valence-electron chi connectivity index (χ2n) is 7.15. The Bertz CT molecular complexity index is 1180. The molecule has 3 rings (SSSR count). The number of benzene rings is 2. The van der Waals surface area contributed by atoms with E-state index >= 15 is 0 Å². The number of carbonyl (C=O) groups excluding carboxylic acids is 1. The van der Waals surface area contributed by atoms with Crippen LogP contribution in [0.15, 0.2) is 60.9 Å². The number of aryl methyl sites for hydroxylation is 1. The normalized spacial score (nSPS) is 12.4. The largest absolute Gasteiger partial charge is 0.350 e. The molecule has 1 amide bonds. The summed E-state index contributed by atoms with van der Waals surface area (Å²) in [5, 5.41) is 3.29. The summed E-state index contributed by atoms with van der Waals surface area (Å²) in [5.41, 5.74) is 2.15. The molecule has 7 nitrogen and oxygen atoms in total. The van der Waals surface area contributed by atoms with Crippen LogP contribution in [-0.4, -0.2) is 36.2 Å². The van der Waals surface area contributed by atoms with Gasteiger partial charge in [0, 0.05) is 24.0 Å². The molecule has 0 aliphatic carbocycles. The fraction of sp³-hybridized carbons (Fsp3) is 0.273. The van der Waals surface area contributed by atoms with Crippen LogP contribution < -0.4 is 9.62 Å². The average Bonchev–Trinajstić information content (AvgIpc) is 3.15. The van der Waals surface area contributed by atoms with E-state index in [1.165, 1.54) is 6.07 Å². The molecule has 0 bridgehead atoms. The molecule has 0 aliphatic rings. The van der Waals surface area contributed by atoms with Gasteiger partial charge in [0.25, 0.3) is 0 Å². The van der Waals surface area contributed by atoms with E-state index in [9.17, 15) is 13.2 Å². The maximum Gasteiger partial charge on any atom is 0.244 e. The number of rotatable bonds is 8. The highest BCUT2D eigenvalue weighted by atomic mass is 35.5. The number of hydrogen-bond donors (Lipinski definition) is 1. The van der Waals surface area contributed by atoms with Gasteiger partial charge in [0.2, 0.25) is 15.9 Å². The zero-order chi connectivity index (χ0) is 22.6. The highest BCUT2D eigenvalue weighted by Gasteiger charge is 2.31. The smallest absolute Gasteiger partial charge is 0.244 e. The van der Waals surface area contributed by atoms with E-state index in [2.05, 4.69) is 10.3 Å². The molecule has 1 heterocycles. The van der Waals surface area contributed by atoms with E-state index in [1.807, 2.05) is 42.0 Å². The summed E-state index contributed by atoms with van der Waals surface area (Å²) in [6.07, 6.45) is 4.96. The van der Waals surface area contributed by atoms with E-state index in [1.54, 1.807) is 31.3 Å². The number of carbonyl (C=O) groups is 1. The molecule has 164 valence electrons. The van der Waals surface area contributed by atoms with Crippen molar-refractivity contribution in [2.45, 2.75) is 32.9 Å². The van der Waals surface area contributed by atoms with Crippen LogP contribution in [0.1, 0.15) is 24.7 Å². The lowest BCUT2D eigenvalue weighted by Crippen LogP contribution is -2.49. The van der Waals surface area contributed by atoms with Crippen molar-refractivity contribution in [1.29, 1.82) is 0 Å². The van der Waals surface area contributed by atoms with Crippen molar-refractivity contribution >= 4 is 33.2 Å². The Morgan fingerprint density at radius 1 is 1.23 bits per heavy atom. The Kier molecular flexibility index (Phi) is 7.02. The van der Waals surface area contributed by atoms with Crippen LogP contribution in [-0.2, 0) is 21.4 Å². The van der Waals surface area contributed by atoms with E-state index in [0.29, 0.717) is 17.1 Å². The lowest BCUT2D eigenvalue weighted by Gasteiger charge is -2.30. The monoisotopic (exact) mass is 460 g/mol. The Hall–Kier alpha value is -2.84. The first-order chi connectivity index (χ1) is 14.7. The van der Waals surface area contributed by atoms with Crippen molar-refractivity contribution in [2.75, 3.05) is 10.6 Å². The molecule has 31 heavy (non-hydrogen) atoms. The summed E-state index contributed by atoms with van der Waals surface area (Å²) in [6.45, 7) is 3.92. The molecule has 1 aromatic heterocycles. The summed E-state index contributed by atoms with van der Waals surface area (Å²) < 4.78 is 28.2.